The molecule has 2 aliphatic rings. The lowest BCUT2D eigenvalue weighted by molar-refractivity contribution is -0.294. The lowest BCUT2D eigenvalue weighted by Crippen LogP contribution is -2.62. The summed E-state index contributed by atoms with van der Waals surface area (Å²) in [6, 6.07) is 4.29. The molecule has 0 atom stereocenters. The van der Waals surface area contributed by atoms with Gasteiger partial charge in [-0.05, 0) is 115 Å². The molecule has 0 amide bonds. The number of carbonyl (C=O) groups excluding carboxylic acids is 2. The molecule has 2 heterocycles. The van der Waals surface area contributed by atoms with Crippen LogP contribution < -0.4 is 0 Å². The van der Waals surface area contributed by atoms with Crippen molar-refractivity contribution < 1.29 is 33.8 Å². The van der Waals surface area contributed by atoms with Gasteiger partial charge in [-0.1, -0.05) is 80.4 Å². The molecule has 0 spiro atoms. The highest BCUT2D eigenvalue weighted by Gasteiger charge is 2.50. The Morgan fingerprint density at radius 1 is 0.673 bits per heavy atom. The van der Waals surface area contributed by atoms with Crippen LogP contribution in [0.25, 0.3) is 0 Å². The minimum absolute atomic E-state index is 0.193. The van der Waals surface area contributed by atoms with Crippen molar-refractivity contribution in [3.63, 3.8) is 0 Å². The molecule has 55 heavy (non-hydrogen) atoms. The quantitative estimate of drug-likeness (QED) is 0.100. The van der Waals surface area contributed by atoms with Gasteiger partial charge in [0.25, 0.3) is 0 Å². The van der Waals surface area contributed by atoms with Crippen molar-refractivity contribution in [2.45, 2.75) is 227 Å². The molecule has 2 fully saturated rings. The Kier molecular flexibility index (Phi) is 15.6. The summed E-state index contributed by atoms with van der Waals surface area (Å²) in [5.41, 5.74) is 1.28. The number of aryl methyl sites for hydroxylation is 1. The molecule has 2 saturated heterocycles. The van der Waals surface area contributed by atoms with Gasteiger partial charge in [-0.3, -0.25) is 19.3 Å². The zero-order valence-corrected chi connectivity index (χ0v) is 37.9. The van der Waals surface area contributed by atoms with Crippen LogP contribution in [0.1, 0.15) is 192 Å². The maximum absolute atomic E-state index is 14.2. The topological polar surface area (TPSA) is 97.8 Å². The van der Waals surface area contributed by atoms with E-state index in [0.717, 1.165) is 43.2 Å². The monoisotopic (exact) mass is 773 g/mol. The second-order valence-corrected chi connectivity index (χ2v) is 21.1. The van der Waals surface area contributed by atoms with Gasteiger partial charge >= 0.3 is 11.9 Å². The van der Waals surface area contributed by atoms with Gasteiger partial charge in [0, 0.05) is 47.8 Å². The maximum Gasteiger partial charge on any atom is 0.320 e. The lowest BCUT2D eigenvalue weighted by Gasteiger charge is -2.53. The zero-order valence-electron chi connectivity index (χ0n) is 37.9. The summed E-state index contributed by atoms with van der Waals surface area (Å²) in [6.45, 7) is 35.2. The van der Waals surface area contributed by atoms with Crippen LogP contribution in [0.3, 0.4) is 0 Å². The number of piperidine rings is 2. The molecular weight excluding hydrogens is 693 g/mol. The molecule has 1 N–H and O–H groups in total. The van der Waals surface area contributed by atoms with Gasteiger partial charge in [0.15, 0.2) is 5.92 Å². The number of phenols is 1. The van der Waals surface area contributed by atoms with E-state index in [0.29, 0.717) is 57.5 Å². The van der Waals surface area contributed by atoms with E-state index in [9.17, 15) is 14.7 Å². The number of phenolic OH excluding ortho intramolecular Hbond substituents is 1. The predicted octanol–water partition coefficient (Wildman–Crippen LogP) is 10.5. The minimum atomic E-state index is -1.00. The van der Waals surface area contributed by atoms with Gasteiger partial charge in [0.05, 0.1) is 13.2 Å². The van der Waals surface area contributed by atoms with E-state index in [4.69, 9.17) is 19.1 Å². The molecule has 1 aromatic rings. The molecule has 316 valence electrons. The fourth-order valence-corrected chi connectivity index (χ4v) is 9.24. The van der Waals surface area contributed by atoms with Gasteiger partial charge in [-0.15, -0.1) is 0 Å². The molecule has 0 bridgehead atoms. The highest BCUT2D eigenvalue weighted by Crippen LogP contribution is 2.43. The number of aromatic hydroxyl groups is 1. The number of hydroxylamine groups is 4. The lowest BCUT2D eigenvalue weighted by atomic mass is 9.78. The standard InChI is InChI=1S/C46H80N2O7/c1-17-24-52-47-43(9,10)28-33(29-44(47,11)12)54-39(50)35(40(51)55-34-30-45(13,14)48(53-25-18-2)46(15,16)31-34)23-21-19-20-22-32-26-36(41(3,4)5)38(49)37(27-32)42(6,7)8/h26-27,33-35,49H,17-25,28-31H2,1-16H3. The van der Waals surface area contributed by atoms with Crippen molar-refractivity contribution in [2.75, 3.05) is 13.2 Å². The number of nitrogens with zero attached hydrogens (tertiary/aromatic N) is 2. The second-order valence-electron chi connectivity index (χ2n) is 21.1. The molecule has 9 nitrogen and oxygen atoms in total. The van der Waals surface area contributed by atoms with Crippen LogP contribution in [-0.4, -0.2) is 74.7 Å². The second kappa shape index (κ2) is 18.2. The number of rotatable bonds is 16. The van der Waals surface area contributed by atoms with E-state index in [1.165, 1.54) is 5.56 Å². The first kappa shape index (κ1) is 47.2. The summed E-state index contributed by atoms with van der Waals surface area (Å²) in [6.07, 6.45) is 7.16. The highest BCUT2D eigenvalue weighted by atomic mass is 16.7. The van der Waals surface area contributed by atoms with Crippen LogP contribution in [-0.2, 0) is 46.0 Å². The summed E-state index contributed by atoms with van der Waals surface area (Å²) in [7, 11) is 0. The highest BCUT2D eigenvalue weighted by molar-refractivity contribution is 5.95. The Morgan fingerprint density at radius 2 is 1.04 bits per heavy atom. The largest absolute Gasteiger partial charge is 0.507 e. The number of ether oxygens (including phenoxy) is 2. The first-order valence-electron chi connectivity index (χ1n) is 21.3. The van der Waals surface area contributed by atoms with E-state index in [1.807, 2.05) is 0 Å². The molecule has 0 unspecified atom stereocenters. The number of esters is 2. The average molecular weight is 773 g/mol. The minimum Gasteiger partial charge on any atom is -0.507 e. The fraction of sp³-hybridized carbons (Fsp3) is 0.826. The van der Waals surface area contributed by atoms with Gasteiger partial charge in [0.1, 0.15) is 18.0 Å². The third-order valence-corrected chi connectivity index (χ3v) is 11.3. The summed E-state index contributed by atoms with van der Waals surface area (Å²) in [5.74, 6) is -1.60. The van der Waals surface area contributed by atoms with E-state index in [2.05, 4.69) is 133 Å². The average Bonchev–Trinajstić information content (AvgIpc) is 2.99. The van der Waals surface area contributed by atoms with Gasteiger partial charge in [0.2, 0.25) is 0 Å². The van der Waals surface area contributed by atoms with Crippen LogP contribution in [0.4, 0.5) is 0 Å². The first-order valence-corrected chi connectivity index (χ1v) is 21.3. The Labute approximate surface area is 335 Å². The SMILES string of the molecule is CCCON1C(C)(C)CC(OC(=O)C(CCCCCc2cc(C(C)(C)C)c(O)c(C(C)(C)C)c2)C(=O)OC2CC(C)(C)N(OCCC)C(C)(C)C2)CC1(C)C. The van der Waals surface area contributed by atoms with Crippen molar-refractivity contribution in [3.8, 4) is 5.75 Å². The van der Waals surface area contributed by atoms with Crippen molar-refractivity contribution in [1.82, 2.24) is 10.1 Å². The van der Waals surface area contributed by atoms with Crippen molar-refractivity contribution in [3.05, 3.63) is 28.8 Å². The Morgan fingerprint density at radius 3 is 1.36 bits per heavy atom. The number of benzene rings is 1. The van der Waals surface area contributed by atoms with Crippen molar-refractivity contribution >= 4 is 11.9 Å². The zero-order chi connectivity index (χ0) is 41.8. The summed E-state index contributed by atoms with van der Waals surface area (Å²) in [4.78, 5) is 40.7. The molecule has 0 radical (unpaired) electrons. The molecule has 0 aliphatic carbocycles. The van der Waals surface area contributed by atoms with Gasteiger partial charge < -0.3 is 14.6 Å². The van der Waals surface area contributed by atoms with Crippen LogP contribution in [0.15, 0.2) is 12.1 Å². The fourth-order valence-electron chi connectivity index (χ4n) is 9.24. The Hall–Kier alpha value is -2.20. The maximum atomic E-state index is 14.2. The van der Waals surface area contributed by atoms with E-state index in [-0.39, 0.29) is 45.2 Å². The Bertz CT molecular complexity index is 1300. The molecular formula is C46H80N2O7. The summed E-state index contributed by atoms with van der Waals surface area (Å²) >= 11 is 0. The van der Waals surface area contributed by atoms with Gasteiger partial charge in [-0.25, -0.2) is 0 Å². The van der Waals surface area contributed by atoms with Crippen LogP contribution in [0.2, 0.25) is 0 Å². The summed E-state index contributed by atoms with van der Waals surface area (Å²) < 4.78 is 12.6. The normalized spacial score (nSPS) is 20.8. The van der Waals surface area contributed by atoms with Crippen molar-refractivity contribution in [1.29, 1.82) is 0 Å². The number of hydrogen-bond donors (Lipinski definition) is 1. The molecule has 9 heteroatoms. The third-order valence-electron chi connectivity index (χ3n) is 11.3. The molecule has 1 aromatic carbocycles. The Balaban J connectivity index is 1.79. The van der Waals surface area contributed by atoms with Crippen molar-refractivity contribution in [2.24, 2.45) is 5.92 Å². The van der Waals surface area contributed by atoms with E-state index < -0.39 is 17.9 Å². The van der Waals surface area contributed by atoms with E-state index >= 15 is 0 Å². The van der Waals surface area contributed by atoms with Crippen LogP contribution in [0, 0.1) is 5.92 Å². The number of carbonyl (C=O) groups is 2. The molecule has 2 aliphatic heterocycles. The molecule has 0 aromatic heterocycles. The van der Waals surface area contributed by atoms with Crippen LogP contribution in [0.5, 0.6) is 5.75 Å². The molecule has 3 rings (SSSR count). The first-order chi connectivity index (χ1) is 25.2. The smallest absolute Gasteiger partial charge is 0.320 e. The number of hydrogen-bond acceptors (Lipinski definition) is 9. The predicted molar refractivity (Wildman–Crippen MR) is 222 cm³/mol. The van der Waals surface area contributed by atoms with Gasteiger partial charge in [-0.2, -0.15) is 10.1 Å². The molecule has 0 saturated carbocycles. The third kappa shape index (κ3) is 12.4. The van der Waals surface area contributed by atoms with E-state index in [1.54, 1.807) is 0 Å². The van der Waals surface area contributed by atoms with Crippen LogP contribution >= 0.6 is 0 Å². The summed E-state index contributed by atoms with van der Waals surface area (Å²) in [5, 5.41) is 15.3. The number of unbranched alkanes of at least 4 members (excludes halogenated alkanes) is 2.